The van der Waals surface area contributed by atoms with Crippen LogP contribution >= 0.6 is 0 Å². The van der Waals surface area contributed by atoms with Crippen LogP contribution in [-0.2, 0) is 4.74 Å². The summed E-state index contributed by atoms with van der Waals surface area (Å²) in [4.78, 5) is 2.66. The number of rotatable bonds is 5. The van der Waals surface area contributed by atoms with E-state index in [0.717, 1.165) is 37.7 Å². The number of morpholine rings is 1. The molecule has 98 valence electrons. The molecule has 3 rings (SSSR count). The van der Waals surface area contributed by atoms with E-state index in [1.165, 1.54) is 38.6 Å². The number of nitrogens with zero attached hydrogens (tertiary/aromatic N) is 1. The van der Waals surface area contributed by atoms with Crippen LogP contribution in [0.2, 0.25) is 0 Å². The molecule has 1 aliphatic heterocycles. The zero-order valence-corrected chi connectivity index (χ0v) is 11.0. The Kier molecular flexibility index (Phi) is 3.69. The summed E-state index contributed by atoms with van der Waals surface area (Å²) < 4.78 is 5.85. The van der Waals surface area contributed by atoms with E-state index in [-0.39, 0.29) is 0 Å². The molecule has 1 N–H and O–H groups in total. The minimum atomic E-state index is 0.546. The molecule has 3 nitrogen and oxygen atoms in total. The molecule has 3 fully saturated rings. The maximum Gasteiger partial charge on any atom is 0.0730 e. The highest BCUT2D eigenvalue weighted by molar-refractivity contribution is 4.90. The van der Waals surface area contributed by atoms with Gasteiger partial charge in [0.15, 0.2) is 0 Å². The Morgan fingerprint density at radius 2 is 2.18 bits per heavy atom. The molecule has 0 aromatic carbocycles. The van der Waals surface area contributed by atoms with E-state index in [0.29, 0.717) is 6.10 Å². The Bertz CT molecular complexity index is 255. The van der Waals surface area contributed by atoms with Gasteiger partial charge in [0.2, 0.25) is 0 Å². The maximum atomic E-state index is 5.85. The molecule has 0 spiro atoms. The normalized spacial score (nSPS) is 35.8. The summed E-state index contributed by atoms with van der Waals surface area (Å²) in [6.07, 6.45) is 7.42. The number of ether oxygens (including phenoxy) is 1. The average molecular weight is 238 g/mol. The second-order valence-corrected chi connectivity index (χ2v) is 6.02. The highest BCUT2D eigenvalue weighted by atomic mass is 16.5. The molecular weight excluding hydrogens is 212 g/mol. The van der Waals surface area contributed by atoms with Crippen LogP contribution < -0.4 is 5.32 Å². The van der Waals surface area contributed by atoms with Crippen molar-refractivity contribution in [1.29, 1.82) is 0 Å². The van der Waals surface area contributed by atoms with Gasteiger partial charge in [0.05, 0.1) is 12.7 Å². The minimum Gasteiger partial charge on any atom is -0.375 e. The van der Waals surface area contributed by atoms with Crippen LogP contribution in [0.5, 0.6) is 0 Å². The van der Waals surface area contributed by atoms with Crippen molar-refractivity contribution < 1.29 is 4.74 Å². The quantitative estimate of drug-likeness (QED) is 0.788. The predicted octanol–water partition coefficient (Wildman–Crippen LogP) is 1.63. The fraction of sp³-hybridized carbons (Fsp3) is 1.00. The minimum absolute atomic E-state index is 0.546. The smallest absolute Gasteiger partial charge is 0.0730 e. The van der Waals surface area contributed by atoms with Gasteiger partial charge in [0, 0.05) is 31.7 Å². The molecule has 0 aromatic rings. The van der Waals surface area contributed by atoms with Gasteiger partial charge in [-0.1, -0.05) is 0 Å². The van der Waals surface area contributed by atoms with Crippen LogP contribution in [0.25, 0.3) is 0 Å². The first-order valence-electron chi connectivity index (χ1n) is 7.43. The van der Waals surface area contributed by atoms with E-state index in [9.17, 15) is 0 Å². The van der Waals surface area contributed by atoms with E-state index in [4.69, 9.17) is 4.74 Å². The molecule has 0 bridgehead atoms. The number of hydrogen-bond acceptors (Lipinski definition) is 3. The molecule has 1 heterocycles. The van der Waals surface area contributed by atoms with E-state index >= 15 is 0 Å². The van der Waals surface area contributed by atoms with E-state index < -0.39 is 0 Å². The molecule has 0 radical (unpaired) electrons. The monoisotopic (exact) mass is 238 g/mol. The zero-order valence-electron chi connectivity index (χ0n) is 11.0. The van der Waals surface area contributed by atoms with E-state index in [1.807, 2.05) is 0 Å². The molecule has 1 saturated heterocycles. The third kappa shape index (κ3) is 2.83. The molecule has 0 amide bonds. The summed E-state index contributed by atoms with van der Waals surface area (Å²) in [6.45, 7) is 6.79. The topological polar surface area (TPSA) is 24.5 Å². The first kappa shape index (κ1) is 11.9. The number of hydrogen-bond donors (Lipinski definition) is 1. The van der Waals surface area contributed by atoms with Gasteiger partial charge in [-0.3, -0.25) is 4.90 Å². The second kappa shape index (κ2) is 5.25. The predicted molar refractivity (Wildman–Crippen MR) is 69.1 cm³/mol. The van der Waals surface area contributed by atoms with Crippen molar-refractivity contribution in [3.63, 3.8) is 0 Å². The Morgan fingerprint density at radius 3 is 3.00 bits per heavy atom. The van der Waals surface area contributed by atoms with Gasteiger partial charge < -0.3 is 10.1 Å². The lowest BCUT2D eigenvalue weighted by atomic mass is 10.1. The first-order valence-corrected chi connectivity index (χ1v) is 7.43. The standard InChI is InChI=1S/C14H26N2O/c1-11(12-5-6-12)15-7-8-16-9-10-17-14-4-2-3-13(14)16/h11-15H,2-10H2,1H3. The zero-order chi connectivity index (χ0) is 11.7. The van der Waals surface area contributed by atoms with Crippen molar-refractivity contribution in [3.8, 4) is 0 Å². The van der Waals surface area contributed by atoms with Gasteiger partial charge in [-0.25, -0.2) is 0 Å². The van der Waals surface area contributed by atoms with Crippen LogP contribution in [0, 0.1) is 5.92 Å². The summed E-state index contributed by atoms with van der Waals surface area (Å²) in [5, 5.41) is 3.69. The molecule has 3 heteroatoms. The molecule has 0 aromatic heterocycles. The number of nitrogens with one attached hydrogen (secondary N) is 1. The van der Waals surface area contributed by atoms with Crippen molar-refractivity contribution in [2.45, 2.75) is 57.2 Å². The van der Waals surface area contributed by atoms with E-state index in [2.05, 4.69) is 17.1 Å². The maximum absolute atomic E-state index is 5.85. The fourth-order valence-electron chi connectivity index (χ4n) is 3.48. The summed E-state index contributed by atoms with van der Waals surface area (Å²) in [7, 11) is 0. The van der Waals surface area contributed by atoms with Crippen molar-refractivity contribution in [2.75, 3.05) is 26.2 Å². The molecule has 17 heavy (non-hydrogen) atoms. The van der Waals surface area contributed by atoms with Gasteiger partial charge in [-0.2, -0.15) is 0 Å². The fourth-order valence-corrected chi connectivity index (χ4v) is 3.48. The van der Waals surface area contributed by atoms with E-state index in [1.54, 1.807) is 0 Å². The second-order valence-electron chi connectivity index (χ2n) is 6.02. The Balaban J connectivity index is 1.41. The Labute approximate surface area is 105 Å². The first-order chi connectivity index (χ1) is 8.34. The molecule has 3 aliphatic rings. The summed E-state index contributed by atoms with van der Waals surface area (Å²) in [6, 6.07) is 1.46. The van der Waals surface area contributed by atoms with Crippen molar-refractivity contribution in [1.82, 2.24) is 10.2 Å². The van der Waals surface area contributed by atoms with Crippen LogP contribution in [0.4, 0.5) is 0 Å². The Morgan fingerprint density at radius 1 is 1.29 bits per heavy atom. The molecule has 3 unspecified atom stereocenters. The lowest BCUT2D eigenvalue weighted by Gasteiger charge is -2.37. The van der Waals surface area contributed by atoms with Crippen LogP contribution in [0.3, 0.4) is 0 Å². The van der Waals surface area contributed by atoms with Gasteiger partial charge in [0.1, 0.15) is 0 Å². The van der Waals surface area contributed by atoms with Crippen molar-refractivity contribution in [2.24, 2.45) is 5.92 Å². The number of fused-ring (bicyclic) bond motifs is 1. The largest absolute Gasteiger partial charge is 0.375 e. The summed E-state index contributed by atoms with van der Waals surface area (Å²) in [5.74, 6) is 0.971. The van der Waals surface area contributed by atoms with Gasteiger partial charge in [-0.05, 0) is 44.9 Å². The third-order valence-corrected chi connectivity index (χ3v) is 4.79. The summed E-state index contributed by atoms with van der Waals surface area (Å²) >= 11 is 0. The van der Waals surface area contributed by atoms with Crippen molar-refractivity contribution in [3.05, 3.63) is 0 Å². The van der Waals surface area contributed by atoms with Crippen LogP contribution in [-0.4, -0.2) is 49.3 Å². The third-order valence-electron chi connectivity index (χ3n) is 4.79. The highest BCUT2D eigenvalue weighted by Gasteiger charge is 2.35. The lowest BCUT2D eigenvalue weighted by molar-refractivity contribution is -0.0550. The molecular formula is C14H26N2O. The van der Waals surface area contributed by atoms with Crippen LogP contribution in [0.1, 0.15) is 39.0 Å². The molecule has 3 atom stereocenters. The van der Waals surface area contributed by atoms with Crippen molar-refractivity contribution >= 4 is 0 Å². The SMILES string of the molecule is CC(NCCN1CCOC2CCCC21)C1CC1. The Hall–Kier alpha value is -0.120. The van der Waals surface area contributed by atoms with Gasteiger partial charge in [-0.15, -0.1) is 0 Å². The summed E-state index contributed by atoms with van der Waals surface area (Å²) in [5.41, 5.74) is 0. The van der Waals surface area contributed by atoms with Gasteiger partial charge >= 0.3 is 0 Å². The molecule has 2 saturated carbocycles. The van der Waals surface area contributed by atoms with Gasteiger partial charge in [0.25, 0.3) is 0 Å². The lowest BCUT2D eigenvalue weighted by Crippen LogP contribution is -2.50. The highest BCUT2D eigenvalue weighted by Crippen LogP contribution is 2.32. The van der Waals surface area contributed by atoms with Crippen LogP contribution in [0.15, 0.2) is 0 Å². The average Bonchev–Trinajstić information content (AvgIpc) is 3.07. The molecule has 2 aliphatic carbocycles.